The molecule has 4 N–H and O–H groups in total. The van der Waals surface area contributed by atoms with Crippen LogP contribution in [-0.4, -0.2) is 54.0 Å². The van der Waals surface area contributed by atoms with Crippen LogP contribution < -0.4 is 11.5 Å². The van der Waals surface area contributed by atoms with Crippen LogP contribution >= 0.6 is 0 Å². The van der Waals surface area contributed by atoms with E-state index in [1.807, 2.05) is 13.8 Å². The third-order valence-electron chi connectivity index (χ3n) is 4.09. The van der Waals surface area contributed by atoms with Gasteiger partial charge in [-0.1, -0.05) is 13.8 Å². The fourth-order valence-electron chi connectivity index (χ4n) is 2.68. The van der Waals surface area contributed by atoms with Gasteiger partial charge in [-0.25, -0.2) is 4.79 Å². The van der Waals surface area contributed by atoms with Gasteiger partial charge in [0.2, 0.25) is 5.91 Å². The molecule has 1 aliphatic heterocycles. The number of amides is 3. The summed E-state index contributed by atoms with van der Waals surface area (Å²) in [4.78, 5) is 27.1. The van der Waals surface area contributed by atoms with Crippen LogP contribution in [0.25, 0.3) is 0 Å². The molecule has 0 bridgehead atoms. The van der Waals surface area contributed by atoms with E-state index in [0.29, 0.717) is 6.42 Å². The predicted molar refractivity (Wildman–Crippen MR) is 74.4 cm³/mol. The molecule has 1 aliphatic rings. The minimum absolute atomic E-state index is 0.0458. The first-order valence-corrected chi connectivity index (χ1v) is 6.90. The van der Waals surface area contributed by atoms with Crippen molar-refractivity contribution in [1.29, 1.82) is 0 Å². The number of carbonyl (C=O) groups is 2. The van der Waals surface area contributed by atoms with Gasteiger partial charge in [-0.2, -0.15) is 0 Å². The van der Waals surface area contributed by atoms with Crippen LogP contribution in [-0.2, 0) is 4.79 Å². The Morgan fingerprint density at radius 2 is 1.74 bits per heavy atom. The number of urea groups is 1. The molecule has 0 aromatic rings. The monoisotopic (exact) mass is 270 g/mol. The van der Waals surface area contributed by atoms with Gasteiger partial charge in [-0.05, 0) is 19.3 Å². The quantitative estimate of drug-likeness (QED) is 0.754. The third-order valence-corrected chi connectivity index (χ3v) is 4.09. The van der Waals surface area contributed by atoms with Gasteiger partial charge < -0.3 is 16.4 Å². The van der Waals surface area contributed by atoms with Crippen LogP contribution in [0.1, 0.15) is 33.1 Å². The van der Waals surface area contributed by atoms with Crippen molar-refractivity contribution < 1.29 is 9.59 Å². The highest BCUT2D eigenvalue weighted by molar-refractivity contribution is 5.98. The van der Waals surface area contributed by atoms with Gasteiger partial charge in [0.15, 0.2) is 0 Å². The Hall–Kier alpha value is -1.14. The van der Waals surface area contributed by atoms with Gasteiger partial charge in [-0.15, -0.1) is 0 Å². The SMILES string of the molecule is CCC(N)CC1C(=O)N(C)C(=O)N(C)C1C(N)CC. The lowest BCUT2D eigenvalue weighted by atomic mass is 9.83. The Morgan fingerprint density at radius 1 is 1.16 bits per heavy atom. The summed E-state index contributed by atoms with van der Waals surface area (Å²) in [6.07, 6.45) is 2.09. The molecule has 4 unspecified atom stereocenters. The summed E-state index contributed by atoms with van der Waals surface area (Å²) in [5, 5.41) is 0. The zero-order chi connectivity index (χ0) is 14.7. The van der Waals surface area contributed by atoms with Crippen molar-refractivity contribution in [2.45, 2.75) is 51.2 Å². The van der Waals surface area contributed by atoms with E-state index in [2.05, 4.69) is 0 Å². The van der Waals surface area contributed by atoms with E-state index in [0.717, 1.165) is 12.8 Å². The van der Waals surface area contributed by atoms with Crippen molar-refractivity contribution in [2.24, 2.45) is 17.4 Å². The predicted octanol–water partition coefficient (Wildman–Crippen LogP) is 0.360. The van der Waals surface area contributed by atoms with E-state index in [-0.39, 0.29) is 36.0 Å². The second-order valence-electron chi connectivity index (χ2n) is 5.36. The average molecular weight is 270 g/mol. The molecule has 1 fully saturated rings. The van der Waals surface area contributed by atoms with Gasteiger partial charge in [0.05, 0.1) is 12.0 Å². The number of imide groups is 1. The number of hydrogen-bond acceptors (Lipinski definition) is 4. The maximum absolute atomic E-state index is 12.3. The smallest absolute Gasteiger partial charge is 0.326 e. The molecule has 4 atom stereocenters. The largest absolute Gasteiger partial charge is 0.328 e. The van der Waals surface area contributed by atoms with Gasteiger partial charge in [0.1, 0.15) is 0 Å². The molecule has 0 spiro atoms. The molecular formula is C13H26N4O2. The van der Waals surface area contributed by atoms with Crippen LogP contribution in [0, 0.1) is 5.92 Å². The van der Waals surface area contributed by atoms with Crippen LogP contribution in [0.2, 0.25) is 0 Å². The first-order chi connectivity index (χ1) is 8.84. The van der Waals surface area contributed by atoms with Crippen LogP contribution in [0.15, 0.2) is 0 Å². The van der Waals surface area contributed by atoms with Crippen molar-refractivity contribution >= 4 is 11.9 Å². The molecule has 0 aromatic heterocycles. The van der Waals surface area contributed by atoms with Gasteiger partial charge >= 0.3 is 6.03 Å². The maximum atomic E-state index is 12.3. The maximum Gasteiger partial charge on any atom is 0.326 e. The second-order valence-corrected chi connectivity index (χ2v) is 5.36. The van der Waals surface area contributed by atoms with Crippen molar-refractivity contribution in [3.05, 3.63) is 0 Å². The van der Waals surface area contributed by atoms with Crippen LogP contribution in [0.5, 0.6) is 0 Å². The van der Waals surface area contributed by atoms with E-state index in [1.165, 1.54) is 11.9 Å². The molecule has 1 rings (SSSR count). The molecule has 19 heavy (non-hydrogen) atoms. The molecule has 1 heterocycles. The number of rotatable bonds is 5. The zero-order valence-corrected chi connectivity index (χ0v) is 12.3. The van der Waals surface area contributed by atoms with Gasteiger partial charge in [-0.3, -0.25) is 9.69 Å². The molecule has 0 radical (unpaired) electrons. The molecule has 3 amide bonds. The van der Waals surface area contributed by atoms with Crippen molar-refractivity contribution in [1.82, 2.24) is 9.80 Å². The molecule has 1 saturated heterocycles. The van der Waals surface area contributed by atoms with E-state index in [4.69, 9.17) is 11.5 Å². The number of nitrogens with zero attached hydrogens (tertiary/aromatic N) is 2. The Labute approximate surface area is 115 Å². The zero-order valence-electron chi connectivity index (χ0n) is 12.3. The number of carbonyl (C=O) groups excluding carboxylic acids is 2. The third kappa shape index (κ3) is 3.06. The van der Waals surface area contributed by atoms with Crippen molar-refractivity contribution in [2.75, 3.05) is 14.1 Å². The average Bonchev–Trinajstić information content (AvgIpc) is 2.41. The lowest BCUT2D eigenvalue weighted by molar-refractivity contribution is -0.138. The number of likely N-dealkylation sites (N-methyl/N-ethyl adjacent to an activating group) is 1. The van der Waals surface area contributed by atoms with Crippen molar-refractivity contribution in [3.8, 4) is 0 Å². The van der Waals surface area contributed by atoms with Crippen molar-refractivity contribution in [3.63, 3.8) is 0 Å². The molecule has 6 nitrogen and oxygen atoms in total. The fraction of sp³-hybridized carbons (Fsp3) is 0.846. The molecule has 110 valence electrons. The summed E-state index contributed by atoms with van der Waals surface area (Å²) in [5.41, 5.74) is 12.1. The molecule has 0 saturated carbocycles. The van der Waals surface area contributed by atoms with E-state index < -0.39 is 0 Å². The summed E-state index contributed by atoms with van der Waals surface area (Å²) >= 11 is 0. The Morgan fingerprint density at radius 3 is 2.21 bits per heavy atom. The fourth-order valence-corrected chi connectivity index (χ4v) is 2.68. The highest BCUT2D eigenvalue weighted by Gasteiger charge is 2.45. The van der Waals surface area contributed by atoms with Gasteiger partial charge in [0.25, 0.3) is 0 Å². The first kappa shape index (κ1) is 15.9. The lowest BCUT2D eigenvalue weighted by Crippen LogP contribution is -2.64. The Balaban J connectivity index is 3.03. The minimum Gasteiger partial charge on any atom is -0.328 e. The minimum atomic E-state index is -0.308. The van der Waals surface area contributed by atoms with Crippen LogP contribution in [0.3, 0.4) is 0 Å². The summed E-state index contributed by atoms with van der Waals surface area (Å²) < 4.78 is 0. The molecule has 0 aromatic carbocycles. The summed E-state index contributed by atoms with van der Waals surface area (Å²) in [5.74, 6) is -0.474. The normalized spacial score (nSPS) is 27.7. The summed E-state index contributed by atoms with van der Waals surface area (Å²) in [7, 11) is 3.22. The standard InChI is InChI=1S/C13H26N4O2/c1-5-8(14)7-9-11(10(15)6-2)16(3)13(19)17(4)12(9)18/h8-11H,5-7,14-15H2,1-4H3. The number of nitrogens with two attached hydrogens (primary N) is 2. The van der Waals surface area contributed by atoms with Crippen LogP contribution in [0.4, 0.5) is 4.79 Å². The second kappa shape index (κ2) is 6.34. The highest BCUT2D eigenvalue weighted by atomic mass is 16.2. The number of hydrogen-bond donors (Lipinski definition) is 2. The lowest BCUT2D eigenvalue weighted by Gasteiger charge is -2.44. The summed E-state index contributed by atoms with van der Waals surface area (Å²) in [6.45, 7) is 3.95. The first-order valence-electron chi connectivity index (χ1n) is 6.90. The topological polar surface area (TPSA) is 92.7 Å². The molecular weight excluding hydrogens is 244 g/mol. The summed E-state index contributed by atoms with van der Waals surface area (Å²) in [6, 6.07) is -0.810. The Bertz CT molecular complexity index is 348. The Kier molecular flexibility index (Phi) is 5.31. The molecule has 0 aliphatic carbocycles. The van der Waals surface area contributed by atoms with Gasteiger partial charge in [0, 0.05) is 26.2 Å². The van der Waals surface area contributed by atoms with E-state index >= 15 is 0 Å². The molecule has 6 heteroatoms. The van der Waals surface area contributed by atoms with E-state index in [9.17, 15) is 9.59 Å². The van der Waals surface area contributed by atoms with E-state index in [1.54, 1.807) is 11.9 Å². The highest BCUT2D eigenvalue weighted by Crippen LogP contribution is 2.27.